The third-order valence-corrected chi connectivity index (χ3v) is 2.92. The molecule has 0 N–H and O–H groups in total. The van der Waals surface area contributed by atoms with E-state index in [1.54, 1.807) is 0 Å². The van der Waals surface area contributed by atoms with Crippen LogP contribution in [0.2, 0.25) is 0 Å². The van der Waals surface area contributed by atoms with Crippen molar-refractivity contribution < 1.29 is 0 Å². The van der Waals surface area contributed by atoms with E-state index in [4.69, 9.17) is 22.9 Å². The fourth-order valence-corrected chi connectivity index (χ4v) is 2.39. The van der Waals surface area contributed by atoms with Crippen molar-refractivity contribution in [3.05, 3.63) is 41.9 Å². The Morgan fingerprint density at radius 3 is 1.89 bits per heavy atom. The van der Waals surface area contributed by atoms with Crippen LogP contribution in [-0.4, -0.2) is 50.3 Å². The molecule has 0 aliphatic carbocycles. The molecule has 0 aliphatic rings. The number of nitrogens with zero attached hydrogens (tertiary/aromatic N) is 2. The monoisotopic (exact) mass is 282 g/mol. The molecule has 0 saturated heterocycles. The van der Waals surface area contributed by atoms with E-state index in [0.717, 1.165) is 11.0 Å². The summed E-state index contributed by atoms with van der Waals surface area (Å²) in [4.78, 5) is 4.27. The molecule has 6 heteroatoms. The lowest BCUT2D eigenvalue weighted by Gasteiger charge is -2.29. The van der Waals surface area contributed by atoms with Crippen molar-refractivity contribution in [3.8, 4) is 0 Å². The topological polar surface area (TPSA) is 6.48 Å². The van der Waals surface area contributed by atoms with Gasteiger partial charge < -0.3 is 9.62 Å². The van der Waals surface area contributed by atoms with E-state index in [-0.39, 0.29) is 6.98 Å². The van der Waals surface area contributed by atoms with Crippen molar-refractivity contribution in [3.63, 3.8) is 0 Å². The summed E-state index contributed by atoms with van der Waals surface area (Å²) >= 11 is 11.9. The second kappa shape index (κ2) is 7.25. The summed E-state index contributed by atoms with van der Waals surface area (Å²) in [5, 5.41) is 0. The number of hydrogen-bond donors (Lipinski definition) is 0. The van der Waals surface area contributed by atoms with E-state index >= 15 is 0 Å². The third-order valence-electron chi connectivity index (χ3n) is 2.67. The van der Waals surface area contributed by atoms with Gasteiger partial charge in [-0.15, -0.1) is 0 Å². The first-order valence-corrected chi connectivity index (χ1v) is 6.69. The third kappa shape index (κ3) is 4.36. The standard InChI is InChI=1S/C12H18B2Cl2N2/c1-17(2)14(18(3)4)12(10-13(15)16)11-8-6-5-7-9-11/h5-10H,1-4H3/b12-10+. The fourth-order valence-electron chi connectivity index (χ4n) is 2.12. The molecule has 0 aliphatic heterocycles. The molecule has 1 aromatic carbocycles. The van der Waals surface area contributed by atoms with Gasteiger partial charge >= 0.3 is 12.5 Å². The lowest BCUT2D eigenvalue weighted by Crippen LogP contribution is -2.47. The first-order chi connectivity index (χ1) is 8.43. The highest BCUT2D eigenvalue weighted by Gasteiger charge is 2.27. The molecule has 1 rings (SSSR count). The summed E-state index contributed by atoms with van der Waals surface area (Å²) in [7, 11) is 8.16. The maximum atomic E-state index is 5.93. The van der Waals surface area contributed by atoms with Crippen molar-refractivity contribution in [2.75, 3.05) is 28.2 Å². The van der Waals surface area contributed by atoms with E-state index in [0.29, 0.717) is 0 Å². The first-order valence-electron chi connectivity index (χ1n) is 5.81. The highest BCUT2D eigenvalue weighted by atomic mass is 35.5. The summed E-state index contributed by atoms with van der Waals surface area (Å²) in [5.74, 6) is 1.89. The van der Waals surface area contributed by atoms with Crippen LogP contribution in [-0.2, 0) is 0 Å². The second-order valence-electron chi connectivity index (χ2n) is 4.62. The molecule has 0 aromatic heterocycles. The molecule has 0 spiro atoms. The van der Waals surface area contributed by atoms with E-state index in [9.17, 15) is 0 Å². The van der Waals surface area contributed by atoms with Crippen molar-refractivity contribution in [1.29, 1.82) is 0 Å². The molecule has 18 heavy (non-hydrogen) atoms. The molecular formula is C12H18B2Cl2N2. The highest BCUT2D eigenvalue weighted by molar-refractivity contribution is 7.36. The van der Waals surface area contributed by atoms with Gasteiger partial charge in [0.15, 0.2) is 0 Å². The first kappa shape index (κ1) is 15.6. The molecule has 1 aromatic rings. The van der Waals surface area contributed by atoms with Gasteiger partial charge in [-0.1, -0.05) is 36.3 Å². The maximum Gasteiger partial charge on any atom is 0.375 e. The van der Waals surface area contributed by atoms with Gasteiger partial charge in [-0.2, -0.15) is 22.9 Å². The molecule has 0 radical (unpaired) electrons. The van der Waals surface area contributed by atoms with E-state index in [2.05, 4.69) is 21.8 Å². The molecule has 0 fully saturated rings. The van der Waals surface area contributed by atoms with Gasteiger partial charge in [-0.3, -0.25) is 0 Å². The molecule has 96 valence electrons. The highest BCUT2D eigenvalue weighted by Crippen LogP contribution is 2.21. The van der Waals surface area contributed by atoms with E-state index in [1.165, 1.54) is 0 Å². The van der Waals surface area contributed by atoms with Gasteiger partial charge in [-0.05, 0) is 39.2 Å². The van der Waals surface area contributed by atoms with Crippen LogP contribution >= 0.6 is 22.9 Å². The Hall–Kier alpha value is -0.410. The minimum Gasteiger partial charge on any atom is -0.330 e. The van der Waals surface area contributed by atoms with Gasteiger partial charge in [0, 0.05) is 0 Å². The molecule has 0 atom stereocenters. The van der Waals surface area contributed by atoms with Gasteiger partial charge in [0.25, 0.3) is 0 Å². The summed E-state index contributed by atoms with van der Waals surface area (Å²) in [6.07, 6.45) is 0. The van der Waals surface area contributed by atoms with Crippen molar-refractivity contribution >= 4 is 40.9 Å². The summed E-state index contributed by atoms with van der Waals surface area (Å²) in [6.45, 7) is 0.132. The van der Waals surface area contributed by atoms with Crippen molar-refractivity contribution in [2.24, 2.45) is 0 Å². The largest absolute Gasteiger partial charge is 0.375 e. The zero-order valence-corrected chi connectivity index (χ0v) is 12.8. The second-order valence-corrected chi connectivity index (χ2v) is 5.79. The van der Waals surface area contributed by atoms with Crippen LogP contribution in [0.15, 0.2) is 36.3 Å². The minimum absolute atomic E-state index is 0.132. The quantitative estimate of drug-likeness (QED) is 0.766. The Balaban J connectivity index is 3.21. The van der Waals surface area contributed by atoms with Gasteiger partial charge in [0.2, 0.25) is 0 Å². The number of rotatable bonds is 5. The Morgan fingerprint density at radius 2 is 1.50 bits per heavy atom. The van der Waals surface area contributed by atoms with Crippen LogP contribution < -0.4 is 0 Å². The summed E-state index contributed by atoms with van der Waals surface area (Å²) in [5.41, 5.74) is 1.74. The maximum absolute atomic E-state index is 5.93. The average Bonchev–Trinajstić information content (AvgIpc) is 2.27. The Kier molecular flexibility index (Phi) is 6.30. The van der Waals surface area contributed by atoms with Crippen LogP contribution in [0, 0.1) is 0 Å². The van der Waals surface area contributed by atoms with Gasteiger partial charge in [-0.25, -0.2) is 0 Å². The minimum atomic E-state index is -0.511. The molecule has 2 nitrogen and oxygen atoms in total. The predicted molar refractivity (Wildman–Crippen MR) is 85.0 cm³/mol. The summed E-state index contributed by atoms with van der Waals surface area (Å²) < 4.78 is 0. The lowest BCUT2D eigenvalue weighted by molar-refractivity contribution is 0.532. The predicted octanol–water partition coefficient (Wildman–Crippen LogP) is 2.73. The summed E-state index contributed by atoms with van der Waals surface area (Å²) in [6, 6.07) is 10.2. The van der Waals surface area contributed by atoms with Crippen LogP contribution in [0.4, 0.5) is 0 Å². The Labute approximate surface area is 121 Å². The lowest BCUT2D eigenvalue weighted by atomic mass is 9.60. The zero-order valence-electron chi connectivity index (χ0n) is 11.3. The van der Waals surface area contributed by atoms with Gasteiger partial charge in [0.05, 0.1) is 0 Å². The smallest absolute Gasteiger partial charge is 0.330 e. The SMILES string of the molecule is CN(C)B(/C(=C/B(Cl)Cl)c1ccccc1)N(C)C. The van der Waals surface area contributed by atoms with Crippen LogP contribution in [0.25, 0.3) is 5.47 Å². The van der Waals surface area contributed by atoms with E-state index in [1.807, 2.05) is 52.4 Å². The molecule has 0 heterocycles. The number of hydrogen-bond acceptors (Lipinski definition) is 2. The molecular weight excluding hydrogens is 265 g/mol. The van der Waals surface area contributed by atoms with Crippen LogP contribution in [0.5, 0.6) is 0 Å². The molecule has 0 amide bonds. The molecule has 0 bridgehead atoms. The Morgan fingerprint density at radius 1 is 1.00 bits per heavy atom. The van der Waals surface area contributed by atoms with Crippen LogP contribution in [0.3, 0.4) is 0 Å². The fraction of sp³-hybridized carbons (Fsp3) is 0.333. The Bertz CT molecular complexity index is 386. The van der Waals surface area contributed by atoms with Gasteiger partial charge in [0.1, 0.15) is 0 Å². The number of benzene rings is 1. The average molecular weight is 283 g/mol. The van der Waals surface area contributed by atoms with Crippen molar-refractivity contribution in [2.45, 2.75) is 0 Å². The zero-order chi connectivity index (χ0) is 13.7. The normalized spacial score (nSPS) is 12.1. The van der Waals surface area contributed by atoms with E-state index < -0.39 is 5.54 Å². The van der Waals surface area contributed by atoms with Crippen molar-refractivity contribution in [1.82, 2.24) is 9.62 Å². The van der Waals surface area contributed by atoms with Crippen LogP contribution in [0.1, 0.15) is 5.56 Å². The molecule has 0 saturated carbocycles. The molecule has 0 unspecified atom stereocenters. The number of halogens is 2.